The minimum Gasteiger partial charge on any atom is -0.382 e. The quantitative estimate of drug-likeness (QED) is 0.653. The maximum atomic E-state index is 12.6. The van der Waals surface area contributed by atoms with E-state index in [9.17, 15) is 9.59 Å². The lowest BCUT2D eigenvalue weighted by Crippen LogP contribution is -2.15. The zero-order valence-electron chi connectivity index (χ0n) is 15.2. The van der Waals surface area contributed by atoms with Gasteiger partial charge in [-0.15, -0.1) is 0 Å². The number of carbonyl (C=O) groups excluding carboxylic acids is 1. The molecular weight excluding hydrogens is 368 g/mol. The number of nitrogens with zero attached hydrogens (tertiary/aromatic N) is 2. The van der Waals surface area contributed by atoms with Gasteiger partial charge in [0.1, 0.15) is 5.76 Å². The predicted octanol–water partition coefficient (Wildman–Crippen LogP) is 3.69. The summed E-state index contributed by atoms with van der Waals surface area (Å²) < 4.78 is 6.50. The molecule has 140 valence electrons. The first-order chi connectivity index (χ1) is 12.9. The van der Waals surface area contributed by atoms with Crippen molar-refractivity contribution in [3.05, 3.63) is 63.4 Å². The molecule has 2 heterocycles. The molecule has 2 aromatic heterocycles. The SMILES string of the molecule is CCNc1c(C(=O)Nc2ccc(-c3c(C)on(C)c3=O)cc2)ccnc1Cl. The Morgan fingerprint density at radius 2 is 1.96 bits per heavy atom. The molecule has 0 bridgehead atoms. The highest BCUT2D eigenvalue weighted by molar-refractivity contribution is 6.33. The Hall–Kier alpha value is -3.06. The molecule has 1 amide bonds. The molecule has 1 aromatic carbocycles. The molecule has 7 nitrogen and oxygen atoms in total. The van der Waals surface area contributed by atoms with E-state index >= 15 is 0 Å². The van der Waals surface area contributed by atoms with Gasteiger partial charge in [-0.25, -0.2) is 4.98 Å². The van der Waals surface area contributed by atoms with Crippen LogP contribution in [0.4, 0.5) is 11.4 Å². The van der Waals surface area contributed by atoms with Crippen molar-refractivity contribution in [1.29, 1.82) is 0 Å². The molecule has 3 aromatic rings. The topological polar surface area (TPSA) is 89.2 Å². The van der Waals surface area contributed by atoms with Gasteiger partial charge >= 0.3 is 0 Å². The summed E-state index contributed by atoms with van der Waals surface area (Å²) in [6, 6.07) is 8.59. The smallest absolute Gasteiger partial charge is 0.290 e. The number of nitrogens with one attached hydrogen (secondary N) is 2. The number of anilines is 2. The van der Waals surface area contributed by atoms with E-state index in [2.05, 4.69) is 15.6 Å². The van der Waals surface area contributed by atoms with Gasteiger partial charge in [0.2, 0.25) is 0 Å². The molecule has 0 aliphatic carbocycles. The van der Waals surface area contributed by atoms with Gasteiger partial charge in [0.25, 0.3) is 11.5 Å². The van der Waals surface area contributed by atoms with Gasteiger partial charge < -0.3 is 15.2 Å². The molecule has 0 fully saturated rings. The van der Waals surface area contributed by atoms with Crippen LogP contribution in [0.1, 0.15) is 23.0 Å². The Bertz CT molecular complexity index is 1040. The van der Waals surface area contributed by atoms with Crippen LogP contribution in [0.3, 0.4) is 0 Å². The van der Waals surface area contributed by atoms with E-state index in [1.54, 1.807) is 44.3 Å². The molecule has 0 aliphatic heterocycles. The van der Waals surface area contributed by atoms with Crippen LogP contribution in [-0.2, 0) is 7.05 Å². The van der Waals surface area contributed by atoms with Crippen LogP contribution >= 0.6 is 11.6 Å². The first kappa shape index (κ1) is 18.7. The van der Waals surface area contributed by atoms with Crippen molar-refractivity contribution in [1.82, 2.24) is 9.72 Å². The third kappa shape index (κ3) is 3.73. The number of halogens is 1. The lowest BCUT2D eigenvalue weighted by Gasteiger charge is -2.12. The number of aryl methyl sites for hydroxylation is 2. The first-order valence-electron chi connectivity index (χ1n) is 8.39. The molecule has 0 atom stereocenters. The minimum absolute atomic E-state index is 0.203. The van der Waals surface area contributed by atoms with Crippen molar-refractivity contribution >= 4 is 28.9 Å². The summed E-state index contributed by atoms with van der Waals surface area (Å²) in [7, 11) is 1.56. The fourth-order valence-corrected chi connectivity index (χ4v) is 3.04. The van der Waals surface area contributed by atoms with Crippen molar-refractivity contribution < 1.29 is 9.32 Å². The molecule has 0 saturated heterocycles. The fourth-order valence-electron chi connectivity index (χ4n) is 2.82. The number of pyridine rings is 1. The van der Waals surface area contributed by atoms with Gasteiger partial charge in [-0.1, -0.05) is 23.7 Å². The molecule has 0 radical (unpaired) electrons. The highest BCUT2D eigenvalue weighted by atomic mass is 35.5. The number of aromatic nitrogens is 2. The van der Waals surface area contributed by atoms with E-state index in [1.165, 1.54) is 10.9 Å². The highest BCUT2D eigenvalue weighted by Gasteiger charge is 2.16. The van der Waals surface area contributed by atoms with Crippen LogP contribution in [0.5, 0.6) is 0 Å². The predicted molar refractivity (Wildman–Crippen MR) is 105 cm³/mol. The average Bonchev–Trinajstić information content (AvgIpc) is 2.90. The molecule has 0 spiro atoms. The van der Waals surface area contributed by atoms with E-state index in [1.807, 2.05) is 6.92 Å². The largest absolute Gasteiger partial charge is 0.382 e. The second kappa shape index (κ2) is 7.67. The number of benzene rings is 1. The Balaban J connectivity index is 1.84. The van der Waals surface area contributed by atoms with Gasteiger partial charge in [0, 0.05) is 25.5 Å². The van der Waals surface area contributed by atoms with Gasteiger partial charge in [-0.05, 0) is 37.6 Å². The molecule has 27 heavy (non-hydrogen) atoms. The standard InChI is InChI=1S/C19H19ClN4O3/c1-4-21-16-14(9-10-22-17(16)20)18(25)23-13-7-5-12(6-8-13)15-11(2)27-24(3)19(15)26/h5-10,21H,4H2,1-3H3,(H,23,25). The van der Waals surface area contributed by atoms with Crippen molar-refractivity contribution in [2.24, 2.45) is 7.05 Å². The summed E-state index contributed by atoms with van der Waals surface area (Å²) in [5, 5.41) is 6.12. The zero-order chi connectivity index (χ0) is 19.6. The van der Waals surface area contributed by atoms with Crippen molar-refractivity contribution in [2.75, 3.05) is 17.2 Å². The molecular formula is C19H19ClN4O3. The number of hydrogen-bond donors (Lipinski definition) is 2. The first-order valence-corrected chi connectivity index (χ1v) is 8.77. The number of rotatable bonds is 5. The van der Waals surface area contributed by atoms with E-state index < -0.39 is 0 Å². The van der Waals surface area contributed by atoms with Crippen molar-refractivity contribution in [3.8, 4) is 11.1 Å². The number of hydrogen-bond acceptors (Lipinski definition) is 5. The van der Waals surface area contributed by atoms with Gasteiger partial charge in [-0.3, -0.25) is 9.59 Å². The third-order valence-corrected chi connectivity index (χ3v) is 4.35. The van der Waals surface area contributed by atoms with Crippen LogP contribution in [0.2, 0.25) is 5.15 Å². The second-order valence-electron chi connectivity index (χ2n) is 5.91. The summed E-state index contributed by atoms with van der Waals surface area (Å²) in [5.74, 6) is 0.236. The van der Waals surface area contributed by atoms with Crippen LogP contribution < -0.4 is 16.2 Å². The summed E-state index contributed by atoms with van der Waals surface area (Å²) in [4.78, 5) is 28.8. The Labute approximate surface area is 160 Å². The Morgan fingerprint density at radius 1 is 1.26 bits per heavy atom. The van der Waals surface area contributed by atoms with E-state index in [-0.39, 0.29) is 16.6 Å². The lowest BCUT2D eigenvalue weighted by molar-refractivity contribution is 0.102. The van der Waals surface area contributed by atoms with E-state index in [4.69, 9.17) is 16.1 Å². The van der Waals surface area contributed by atoms with E-state index in [0.29, 0.717) is 34.8 Å². The zero-order valence-corrected chi connectivity index (χ0v) is 15.9. The highest BCUT2D eigenvalue weighted by Crippen LogP contribution is 2.26. The normalized spacial score (nSPS) is 10.7. The molecule has 2 N–H and O–H groups in total. The van der Waals surface area contributed by atoms with Crippen molar-refractivity contribution in [3.63, 3.8) is 0 Å². The molecule has 0 unspecified atom stereocenters. The number of carbonyl (C=O) groups is 1. The summed E-state index contributed by atoms with van der Waals surface area (Å²) >= 11 is 6.08. The van der Waals surface area contributed by atoms with Crippen LogP contribution in [0.15, 0.2) is 45.8 Å². The summed E-state index contributed by atoms with van der Waals surface area (Å²) in [6.07, 6.45) is 1.48. The monoisotopic (exact) mass is 386 g/mol. The summed E-state index contributed by atoms with van der Waals surface area (Å²) in [5.41, 5.74) is 2.52. The third-order valence-electron chi connectivity index (χ3n) is 4.06. The van der Waals surface area contributed by atoms with Gasteiger partial charge in [0.15, 0.2) is 5.15 Å². The average molecular weight is 387 g/mol. The maximum Gasteiger partial charge on any atom is 0.290 e. The Morgan fingerprint density at radius 3 is 2.56 bits per heavy atom. The maximum absolute atomic E-state index is 12.6. The van der Waals surface area contributed by atoms with Crippen LogP contribution in [0, 0.1) is 6.92 Å². The molecule has 0 saturated carbocycles. The molecule has 3 rings (SSSR count). The van der Waals surface area contributed by atoms with Gasteiger partial charge in [-0.2, -0.15) is 4.74 Å². The number of amides is 1. The van der Waals surface area contributed by atoms with Crippen LogP contribution in [-0.4, -0.2) is 22.2 Å². The Kier molecular flexibility index (Phi) is 5.32. The minimum atomic E-state index is -0.307. The lowest BCUT2D eigenvalue weighted by atomic mass is 10.1. The summed E-state index contributed by atoms with van der Waals surface area (Å²) in [6.45, 7) is 4.26. The fraction of sp³-hybridized carbons (Fsp3) is 0.211. The van der Waals surface area contributed by atoms with E-state index in [0.717, 1.165) is 5.56 Å². The van der Waals surface area contributed by atoms with Crippen LogP contribution in [0.25, 0.3) is 11.1 Å². The van der Waals surface area contributed by atoms with Gasteiger partial charge in [0.05, 0.1) is 16.8 Å². The molecule has 0 aliphatic rings. The molecule has 8 heteroatoms. The van der Waals surface area contributed by atoms with Crippen molar-refractivity contribution in [2.45, 2.75) is 13.8 Å². The second-order valence-corrected chi connectivity index (χ2v) is 6.27.